The molecule has 1 aliphatic heterocycles. The van der Waals surface area contributed by atoms with Crippen LogP contribution in [0.3, 0.4) is 0 Å². The number of ether oxygens (including phenoxy) is 2. The highest BCUT2D eigenvalue weighted by Crippen LogP contribution is 2.16. The van der Waals surface area contributed by atoms with Crippen molar-refractivity contribution in [1.82, 2.24) is 14.9 Å². The SMILES string of the molecule is C=CCOC(=O)N1CCCC(Nc2cc(C)nc(C(=O)OC)n2)C1. The number of methoxy groups -OCH3 is 1. The molecule has 1 saturated heterocycles. The molecule has 0 radical (unpaired) electrons. The van der Waals surface area contributed by atoms with Gasteiger partial charge in [-0.15, -0.1) is 0 Å². The molecule has 1 atom stereocenters. The molecule has 0 aliphatic carbocycles. The van der Waals surface area contributed by atoms with Crippen LogP contribution in [-0.2, 0) is 9.47 Å². The summed E-state index contributed by atoms with van der Waals surface area (Å²) in [5.74, 6) is -0.0349. The molecule has 1 fully saturated rings. The minimum absolute atomic E-state index is 0.0121. The van der Waals surface area contributed by atoms with Crippen molar-refractivity contribution < 1.29 is 19.1 Å². The van der Waals surface area contributed by atoms with Gasteiger partial charge in [-0.25, -0.2) is 19.6 Å². The average Bonchev–Trinajstić information content (AvgIpc) is 2.58. The zero-order valence-electron chi connectivity index (χ0n) is 13.9. The zero-order valence-corrected chi connectivity index (χ0v) is 13.9. The Kier molecular flexibility index (Phi) is 6.11. The van der Waals surface area contributed by atoms with Gasteiger partial charge in [0.15, 0.2) is 0 Å². The van der Waals surface area contributed by atoms with E-state index in [1.165, 1.54) is 13.2 Å². The second-order valence-corrected chi connectivity index (χ2v) is 5.50. The van der Waals surface area contributed by atoms with E-state index in [0.29, 0.717) is 24.6 Å². The number of esters is 1. The van der Waals surface area contributed by atoms with Gasteiger partial charge in [-0.3, -0.25) is 0 Å². The molecule has 1 unspecified atom stereocenters. The fourth-order valence-corrected chi connectivity index (χ4v) is 2.52. The molecule has 2 heterocycles. The van der Waals surface area contributed by atoms with E-state index >= 15 is 0 Å². The molecule has 24 heavy (non-hydrogen) atoms. The fourth-order valence-electron chi connectivity index (χ4n) is 2.52. The number of likely N-dealkylation sites (tertiary alicyclic amines) is 1. The van der Waals surface area contributed by atoms with Crippen molar-refractivity contribution in [3.63, 3.8) is 0 Å². The maximum absolute atomic E-state index is 11.9. The summed E-state index contributed by atoms with van der Waals surface area (Å²) >= 11 is 0. The van der Waals surface area contributed by atoms with E-state index in [4.69, 9.17) is 4.74 Å². The lowest BCUT2D eigenvalue weighted by molar-refractivity contribution is 0.0586. The van der Waals surface area contributed by atoms with Crippen molar-refractivity contribution in [2.45, 2.75) is 25.8 Å². The largest absolute Gasteiger partial charge is 0.463 e. The lowest BCUT2D eigenvalue weighted by Gasteiger charge is -2.32. The summed E-state index contributed by atoms with van der Waals surface area (Å²) in [4.78, 5) is 33.4. The summed E-state index contributed by atoms with van der Waals surface area (Å²) in [5.41, 5.74) is 0.658. The quantitative estimate of drug-likeness (QED) is 0.648. The number of anilines is 1. The Hall–Kier alpha value is -2.64. The first-order valence-electron chi connectivity index (χ1n) is 7.76. The summed E-state index contributed by atoms with van der Waals surface area (Å²) < 4.78 is 9.72. The Balaban J connectivity index is 2.02. The van der Waals surface area contributed by atoms with E-state index in [0.717, 1.165) is 12.8 Å². The number of aromatic nitrogens is 2. The molecule has 0 bridgehead atoms. The van der Waals surface area contributed by atoms with Gasteiger partial charge >= 0.3 is 12.1 Å². The number of nitrogens with one attached hydrogen (secondary N) is 1. The van der Waals surface area contributed by atoms with Crippen LogP contribution in [-0.4, -0.2) is 59.8 Å². The summed E-state index contributed by atoms with van der Waals surface area (Å²) in [5, 5.41) is 3.25. The maximum Gasteiger partial charge on any atom is 0.410 e. The number of rotatable bonds is 5. The fraction of sp³-hybridized carbons (Fsp3) is 0.500. The molecule has 0 spiro atoms. The third-order valence-corrected chi connectivity index (χ3v) is 3.58. The normalized spacial score (nSPS) is 17.1. The van der Waals surface area contributed by atoms with Crippen molar-refractivity contribution in [2.75, 3.05) is 32.1 Å². The van der Waals surface area contributed by atoms with Crippen LogP contribution >= 0.6 is 0 Å². The molecule has 2 rings (SSSR count). The number of carbonyl (C=O) groups excluding carboxylic acids is 2. The number of carbonyl (C=O) groups is 2. The molecular weight excluding hydrogens is 312 g/mol. The van der Waals surface area contributed by atoms with Crippen molar-refractivity contribution in [1.29, 1.82) is 0 Å². The van der Waals surface area contributed by atoms with E-state index in [2.05, 4.69) is 26.6 Å². The molecule has 1 aliphatic rings. The first-order chi connectivity index (χ1) is 11.5. The first-order valence-corrected chi connectivity index (χ1v) is 7.76. The first kappa shape index (κ1) is 17.7. The Bertz CT molecular complexity index is 620. The molecule has 0 saturated carbocycles. The number of aryl methyl sites for hydroxylation is 1. The van der Waals surface area contributed by atoms with Gasteiger partial charge in [0, 0.05) is 30.9 Å². The second-order valence-electron chi connectivity index (χ2n) is 5.50. The molecule has 8 nitrogen and oxygen atoms in total. The molecule has 1 aromatic rings. The highest BCUT2D eigenvalue weighted by Gasteiger charge is 2.25. The van der Waals surface area contributed by atoms with Gasteiger partial charge in [0.1, 0.15) is 12.4 Å². The molecule has 0 aromatic carbocycles. The van der Waals surface area contributed by atoms with Gasteiger partial charge in [0.05, 0.1) is 7.11 Å². The Morgan fingerprint density at radius 1 is 1.50 bits per heavy atom. The molecule has 1 amide bonds. The summed E-state index contributed by atoms with van der Waals surface area (Å²) in [6, 6.07) is 1.77. The zero-order chi connectivity index (χ0) is 17.5. The summed E-state index contributed by atoms with van der Waals surface area (Å²) in [7, 11) is 1.29. The van der Waals surface area contributed by atoms with Gasteiger partial charge in [0.2, 0.25) is 5.82 Å². The number of nitrogens with zero attached hydrogens (tertiary/aromatic N) is 3. The molecule has 8 heteroatoms. The Morgan fingerprint density at radius 3 is 3.00 bits per heavy atom. The number of piperidine rings is 1. The monoisotopic (exact) mass is 334 g/mol. The lowest BCUT2D eigenvalue weighted by Crippen LogP contribution is -2.45. The third-order valence-electron chi connectivity index (χ3n) is 3.58. The van der Waals surface area contributed by atoms with Crippen molar-refractivity contribution in [2.24, 2.45) is 0 Å². The second kappa shape index (κ2) is 8.28. The summed E-state index contributed by atoms with van der Waals surface area (Å²) in [6.07, 6.45) is 2.93. The van der Waals surface area contributed by atoms with Crippen LogP contribution in [0.5, 0.6) is 0 Å². The van der Waals surface area contributed by atoms with Gasteiger partial charge in [-0.1, -0.05) is 12.7 Å². The van der Waals surface area contributed by atoms with Crippen molar-refractivity contribution in [3.8, 4) is 0 Å². The van der Waals surface area contributed by atoms with E-state index in [-0.39, 0.29) is 24.6 Å². The van der Waals surface area contributed by atoms with Crippen LogP contribution in [0.25, 0.3) is 0 Å². The van der Waals surface area contributed by atoms with Gasteiger partial charge in [0.25, 0.3) is 0 Å². The highest BCUT2D eigenvalue weighted by molar-refractivity contribution is 5.85. The number of hydrogen-bond donors (Lipinski definition) is 1. The van der Waals surface area contributed by atoms with Gasteiger partial charge < -0.3 is 19.7 Å². The van der Waals surface area contributed by atoms with Crippen LogP contribution in [0.2, 0.25) is 0 Å². The molecule has 1 aromatic heterocycles. The van der Waals surface area contributed by atoms with E-state index in [1.807, 2.05) is 0 Å². The predicted octanol–water partition coefficient (Wildman–Crippen LogP) is 1.77. The average molecular weight is 334 g/mol. The Morgan fingerprint density at radius 2 is 2.29 bits per heavy atom. The predicted molar refractivity (Wildman–Crippen MR) is 87.9 cm³/mol. The van der Waals surface area contributed by atoms with Crippen LogP contribution < -0.4 is 5.32 Å². The lowest BCUT2D eigenvalue weighted by atomic mass is 10.1. The summed E-state index contributed by atoms with van der Waals surface area (Å²) in [6.45, 7) is 6.66. The van der Waals surface area contributed by atoms with E-state index < -0.39 is 5.97 Å². The van der Waals surface area contributed by atoms with Crippen LogP contribution in [0.4, 0.5) is 10.6 Å². The number of hydrogen-bond acceptors (Lipinski definition) is 7. The van der Waals surface area contributed by atoms with Gasteiger partial charge in [-0.2, -0.15) is 0 Å². The molecule has 130 valence electrons. The molecular formula is C16H22N4O4. The smallest absolute Gasteiger partial charge is 0.410 e. The highest BCUT2D eigenvalue weighted by atomic mass is 16.6. The van der Waals surface area contributed by atoms with Gasteiger partial charge in [-0.05, 0) is 19.8 Å². The molecule has 1 N–H and O–H groups in total. The van der Waals surface area contributed by atoms with E-state index in [9.17, 15) is 9.59 Å². The number of amides is 1. The van der Waals surface area contributed by atoms with Crippen molar-refractivity contribution >= 4 is 17.9 Å². The van der Waals surface area contributed by atoms with Crippen LogP contribution in [0.15, 0.2) is 18.7 Å². The standard InChI is InChI=1S/C16H22N4O4/c1-4-8-24-16(22)20-7-5-6-12(10-20)18-13-9-11(2)17-14(19-13)15(21)23-3/h4,9,12H,1,5-8,10H2,2-3H3,(H,17,18,19). The third kappa shape index (κ3) is 4.68. The maximum atomic E-state index is 11.9. The van der Waals surface area contributed by atoms with Crippen molar-refractivity contribution in [3.05, 3.63) is 30.2 Å². The van der Waals surface area contributed by atoms with E-state index in [1.54, 1.807) is 17.9 Å². The van der Waals surface area contributed by atoms with Crippen LogP contribution in [0.1, 0.15) is 29.2 Å². The minimum Gasteiger partial charge on any atom is -0.463 e. The minimum atomic E-state index is -0.583. The van der Waals surface area contributed by atoms with Crippen LogP contribution in [0, 0.1) is 6.92 Å². The topological polar surface area (TPSA) is 93.7 Å². The Labute approximate surface area is 140 Å².